The van der Waals surface area contributed by atoms with Crippen molar-refractivity contribution in [3.63, 3.8) is 0 Å². The van der Waals surface area contributed by atoms with Gasteiger partial charge in [0, 0.05) is 29.7 Å². The molecular weight excluding hydrogens is 224 g/mol. The Kier molecular flexibility index (Phi) is 4.77. The van der Waals surface area contributed by atoms with Crippen molar-refractivity contribution in [2.45, 2.75) is 13.8 Å². The molecule has 1 unspecified atom stereocenters. The van der Waals surface area contributed by atoms with Crippen molar-refractivity contribution in [2.24, 2.45) is 11.7 Å². The van der Waals surface area contributed by atoms with E-state index in [2.05, 4.69) is 0 Å². The van der Waals surface area contributed by atoms with E-state index in [0.29, 0.717) is 18.1 Å². The molecule has 0 saturated heterocycles. The average Bonchev–Trinajstić information content (AvgIpc) is 2.29. The summed E-state index contributed by atoms with van der Waals surface area (Å²) in [7, 11) is 0. The van der Waals surface area contributed by atoms with Gasteiger partial charge in [-0.05, 0) is 25.1 Å². The molecule has 0 aliphatic rings. The van der Waals surface area contributed by atoms with Gasteiger partial charge in [0.2, 0.25) is 5.91 Å². The van der Waals surface area contributed by atoms with E-state index < -0.39 is 0 Å². The molecule has 0 spiro atoms. The zero-order chi connectivity index (χ0) is 12.1. The Bertz CT molecular complexity index is 368. The summed E-state index contributed by atoms with van der Waals surface area (Å²) in [5, 5.41) is 0.629. The quantitative estimate of drug-likeness (QED) is 0.878. The zero-order valence-corrected chi connectivity index (χ0v) is 10.4. The molecule has 2 N–H and O–H groups in total. The van der Waals surface area contributed by atoms with Crippen molar-refractivity contribution >= 4 is 23.2 Å². The highest BCUT2D eigenvalue weighted by Crippen LogP contribution is 2.20. The fourth-order valence-electron chi connectivity index (χ4n) is 1.48. The lowest BCUT2D eigenvalue weighted by Gasteiger charge is -2.24. The lowest BCUT2D eigenvalue weighted by molar-refractivity contribution is -0.121. The van der Waals surface area contributed by atoms with Crippen LogP contribution in [0.4, 0.5) is 5.69 Å². The van der Waals surface area contributed by atoms with Gasteiger partial charge in [-0.1, -0.05) is 24.6 Å². The summed E-state index contributed by atoms with van der Waals surface area (Å²) in [4.78, 5) is 13.7. The van der Waals surface area contributed by atoms with Crippen molar-refractivity contribution in [1.82, 2.24) is 0 Å². The van der Waals surface area contributed by atoms with Crippen molar-refractivity contribution < 1.29 is 4.79 Å². The van der Waals surface area contributed by atoms with Gasteiger partial charge in [0.1, 0.15) is 0 Å². The monoisotopic (exact) mass is 240 g/mol. The molecule has 0 bridgehead atoms. The maximum absolute atomic E-state index is 12.0. The molecule has 0 aromatic heterocycles. The number of amides is 1. The summed E-state index contributed by atoms with van der Waals surface area (Å²) >= 11 is 5.90. The van der Waals surface area contributed by atoms with Crippen LogP contribution < -0.4 is 10.6 Å². The average molecular weight is 241 g/mol. The van der Waals surface area contributed by atoms with Gasteiger partial charge in [-0.15, -0.1) is 0 Å². The molecule has 16 heavy (non-hydrogen) atoms. The molecule has 3 nitrogen and oxygen atoms in total. The first-order chi connectivity index (χ1) is 7.60. The highest BCUT2D eigenvalue weighted by Gasteiger charge is 2.19. The lowest BCUT2D eigenvalue weighted by atomic mass is 10.1. The molecule has 0 heterocycles. The fourth-order valence-corrected chi connectivity index (χ4v) is 1.66. The van der Waals surface area contributed by atoms with E-state index in [4.69, 9.17) is 17.3 Å². The molecule has 1 atom stereocenters. The third-order valence-corrected chi connectivity index (χ3v) is 2.71. The molecule has 0 fully saturated rings. The highest BCUT2D eigenvalue weighted by molar-refractivity contribution is 6.30. The molecular formula is C12H17ClN2O. The number of carbonyl (C=O) groups is 1. The topological polar surface area (TPSA) is 46.3 Å². The Balaban J connectivity index is 2.94. The number of nitrogens with zero attached hydrogens (tertiary/aromatic N) is 1. The van der Waals surface area contributed by atoms with E-state index >= 15 is 0 Å². The smallest absolute Gasteiger partial charge is 0.231 e. The largest absolute Gasteiger partial charge is 0.330 e. The number of anilines is 1. The Labute approximate surface area is 101 Å². The number of halogens is 1. The SMILES string of the molecule is CCN(C(=O)C(C)CN)c1cccc(Cl)c1. The second kappa shape index (κ2) is 5.87. The van der Waals surface area contributed by atoms with Gasteiger partial charge < -0.3 is 10.6 Å². The number of rotatable bonds is 4. The Morgan fingerprint density at radius 1 is 1.56 bits per heavy atom. The van der Waals surface area contributed by atoms with Crippen LogP contribution in [-0.2, 0) is 4.79 Å². The molecule has 0 aliphatic heterocycles. The second-order valence-electron chi connectivity index (χ2n) is 3.70. The van der Waals surface area contributed by atoms with Crippen LogP contribution in [0.25, 0.3) is 0 Å². The summed E-state index contributed by atoms with van der Waals surface area (Å²) in [6, 6.07) is 7.28. The van der Waals surface area contributed by atoms with Crippen LogP contribution in [0, 0.1) is 5.92 Å². The summed E-state index contributed by atoms with van der Waals surface area (Å²) in [6.45, 7) is 4.73. The highest BCUT2D eigenvalue weighted by atomic mass is 35.5. The van der Waals surface area contributed by atoms with Gasteiger partial charge in [-0.2, -0.15) is 0 Å². The van der Waals surface area contributed by atoms with E-state index in [1.165, 1.54) is 0 Å². The van der Waals surface area contributed by atoms with Crippen molar-refractivity contribution in [2.75, 3.05) is 18.0 Å². The molecule has 88 valence electrons. The van der Waals surface area contributed by atoms with Gasteiger partial charge in [0.05, 0.1) is 0 Å². The van der Waals surface area contributed by atoms with E-state index in [0.717, 1.165) is 5.69 Å². The minimum absolute atomic E-state index is 0.0345. The third-order valence-electron chi connectivity index (χ3n) is 2.48. The van der Waals surface area contributed by atoms with Gasteiger partial charge >= 0.3 is 0 Å². The van der Waals surface area contributed by atoms with Crippen molar-refractivity contribution in [3.8, 4) is 0 Å². The number of hydrogen-bond acceptors (Lipinski definition) is 2. The standard InChI is InChI=1S/C12H17ClN2O/c1-3-15(12(16)9(2)8-14)11-6-4-5-10(13)7-11/h4-7,9H,3,8,14H2,1-2H3. The van der Waals surface area contributed by atoms with Gasteiger partial charge in [0.15, 0.2) is 0 Å². The van der Waals surface area contributed by atoms with E-state index in [1.807, 2.05) is 26.0 Å². The van der Waals surface area contributed by atoms with E-state index in [9.17, 15) is 4.79 Å². The number of nitrogens with two attached hydrogens (primary N) is 1. The Morgan fingerprint density at radius 2 is 2.25 bits per heavy atom. The first kappa shape index (κ1) is 13.0. The zero-order valence-electron chi connectivity index (χ0n) is 9.61. The summed E-state index contributed by atoms with van der Waals surface area (Å²) in [6.07, 6.45) is 0. The molecule has 0 aliphatic carbocycles. The Hall–Kier alpha value is -1.06. The normalized spacial score (nSPS) is 12.2. The molecule has 1 amide bonds. The van der Waals surface area contributed by atoms with Crippen LogP contribution in [0.2, 0.25) is 5.02 Å². The van der Waals surface area contributed by atoms with Crippen LogP contribution in [0.15, 0.2) is 24.3 Å². The molecule has 1 aromatic carbocycles. The second-order valence-corrected chi connectivity index (χ2v) is 4.14. The molecule has 0 radical (unpaired) electrons. The maximum atomic E-state index is 12.0. The summed E-state index contributed by atoms with van der Waals surface area (Å²) < 4.78 is 0. The van der Waals surface area contributed by atoms with Crippen molar-refractivity contribution in [3.05, 3.63) is 29.3 Å². The van der Waals surface area contributed by atoms with E-state index in [-0.39, 0.29) is 11.8 Å². The van der Waals surface area contributed by atoms with Gasteiger partial charge in [0.25, 0.3) is 0 Å². The Morgan fingerprint density at radius 3 is 2.75 bits per heavy atom. The summed E-state index contributed by atoms with van der Waals surface area (Å²) in [5.74, 6) is -0.133. The first-order valence-corrected chi connectivity index (χ1v) is 5.75. The first-order valence-electron chi connectivity index (χ1n) is 5.37. The molecule has 1 rings (SSSR count). The molecule has 4 heteroatoms. The predicted molar refractivity (Wildman–Crippen MR) is 67.7 cm³/mol. The van der Waals surface area contributed by atoms with Gasteiger partial charge in [-0.3, -0.25) is 4.79 Å². The fraction of sp³-hybridized carbons (Fsp3) is 0.417. The van der Waals surface area contributed by atoms with Crippen LogP contribution in [0.1, 0.15) is 13.8 Å². The van der Waals surface area contributed by atoms with E-state index in [1.54, 1.807) is 17.0 Å². The predicted octanol–water partition coefficient (Wildman–Crippen LogP) is 2.29. The van der Waals surface area contributed by atoms with Gasteiger partial charge in [-0.25, -0.2) is 0 Å². The minimum Gasteiger partial charge on any atom is -0.330 e. The number of benzene rings is 1. The number of hydrogen-bond donors (Lipinski definition) is 1. The number of carbonyl (C=O) groups excluding carboxylic acids is 1. The summed E-state index contributed by atoms with van der Waals surface area (Å²) in [5.41, 5.74) is 6.32. The van der Waals surface area contributed by atoms with Crippen LogP contribution in [0.5, 0.6) is 0 Å². The molecule has 0 saturated carbocycles. The van der Waals surface area contributed by atoms with Crippen LogP contribution in [0.3, 0.4) is 0 Å². The molecule has 1 aromatic rings. The minimum atomic E-state index is -0.168. The van der Waals surface area contributed by atoms with Crippen LogP contribution in [-0.4, -0.2) is 19.0 Å². The third kappa shape index (κ3) is 2.97. The van der Waals surface area contributed by atoms with Crippen LogP contribution >= 0.6 is 11.6 Å². The maximum Gasteiger partial charge on any atom is 0.231 e. The lowest BCUT2D eigenvalue weighted by Crippen LogP contribution is -2.37. The van der Waals surface area contributed by atoms with Crippen molar-refractivity contribution in [1.29, 1.82) is 0 Å².